The van der Waals surface area contributed by atoms with Crippen LogP contribution in [-0.4, -0.2) is 25.4 Å². The van der Waals surface area contributed by atoms with Gasteiger partial charge in [-0.15, -0.1) is 11.3 Å². The van der Waals surface area contributed by atoms with Crippen molar-refractivity contribution in [3.05, 3.63) is 64.8 Å². The number of benzene rings is 2. The van der Waals surface area contributed by atoms with E-state index < -0.39 is 0 Å². The van der Waals surface area contributed by atoms with Crippen LogP contribution in [0.4, 0.5) is 5.69 Å². The molecule has 0 aliphatic rings. The molecule has 0 unspecified atom stereocenters. The fraction of sp³-hybridized carbons (Fsp3) is 0.211. The second-order valence-electron chi connectivity index (χ2n) is 5.22. The summed E-state index contributed by atoms with van der Waals surface area (Å²) >= 11 is 1.64. The van der Waals surface area contributed by atoms with Crippen LogP contribution in [0.25, 0.3) is 11.3 Å². The van der Waals surface area contributed by atoms with Crippen molar-refractivity contribution < 1.29 is 9.47 Å². The molecular formula is C19H20N2O2S. The molecule has 0 saturated heterocycles. The highest BCUT2D eigenvalue weighted by Crippen LogP contribution is 2.21. The van der Waals surface area contributed by atoms with E-state index in [9.17, 15) is 0 Å². The van der Waals surface area contributed by atoms with E-state index in [2.05, 4.69) is 22.1 Å². The van der Waals surface area contributed by atoms with E-state index in [0.717, 1.165) is 28.5 Å². The molecule has 0 aliphatic carbocycles. The third kappa shape index (κ3) is 3.75. The normalized spacial score (nSPS) is 11.7. The zero-order chi connectivity index (χ0) is 16.8. The Kier molecular flexibility index (Phi) is 5.46. The van der Waals surface area contributed by atoms with Crippen LogP contribution in [-0.2, 0) is 11.3 Å². The second-order valence-corrected chi connectivity index (χ2v) is 6.06. The lowest BCUT2D eigenvalue weighted by Crippen LogP contribution is -2.18. The molecule has 0 atom stereocenters. The third-order valence-corrected chi connectivity index (χ3v) is 4.55. The van der Waals surface area contributed by atoms with Gasteiger partial charge in [-0.2, -0.15) is 0 Å². The molecule has 0 bridgehead atoms. The van der Waals surface area contributed by atoms with Crippen LogP contribution < -0.4 is 9.54 Å². The molecule has 5 heteroatoms. The number of thiazole rings is 1. The number of nitrogens with zero attached hydrogens (tertiary/aromatic N) is 2. The second kappa shape index (κ2) is 7.95. The predicted molar refractivity (Wildman–Crippen MR) is 97.8 cm³/mol. The van der Waals surface area contributed by atoms with Gasteiger partial charge in [0.2, 0.25) is 0 Å². The van der Waals surface area contributed by atoms with Gasteiger partial charge in [0, 0.05) is 19.0 Å². The van der Waals surface area contributed by atoms with Crippen molar-refractivity contribution in [2.24, 2.45) is 4.99 Å². The Hall–Kier alpha value is -2.37. The Labute approximate surface area is 145 Å². The van der Waals surface area contributed by atoms with Crippen molar-refractivity contribution >= 4 is 17.0 Å². The highest BCUT2D eigenvalue weighted by Gasteiger charge is 2.07. The lowest BCUT2D eigenvalue weighted by Gasteiger charge is -2.08. The van der Waals surface area contributed by atoms with Crippen molar-refractivity contribution in [1.29, 1.82) is 0 Å². The Bertz CT molecular complexity index is 836. The molecule has 24 heavy (non-hydrogen) atoms. The van der Waals surface area contributed by atoms with E-state index in [-0.39, 0.29) is 0 Å². The van der Waals surface area contributed by atoms with Gasteiger partial charge in [-0.1, -0.05) is 30.3 Å². The maximum atomic E-state index is 5.27. The van der Waals surface area contributed by atoms with Gasteiger partial charge >= 0.3 is 0 Å². The Morgan fingerprint density at radius 1 is 1.00 bits per heavy atom. The molecule has 0 spiro atoms. The van der Waals surface area contributed by atoms with Crippen LogP contribution in [0.15, 0.2) is 65.0 Å². The van der Waals surface area contributed by atoms with Crippen LogP contribution in [0.5, 0.6) is 5.75 Å². The molecule has 3 rings (SSSR count). The number of aromatic nitrogens is 1. The van der Waals surface area contributed by atoms with Crippen LogP contribution in [0, 0.1) is 0 Å². The van der Waals surface area contributed by atoms with Crippen LogP contribution in [0.1, 0.15) is 0 Å². The van der Waals surface area contributed by atoms with Gasteiger partial charge in [0.15, 0.2) is 4.80 Å². The molecule has 2 aromatic carbocycles. The average Bonchev–Trinajstić information content (AvgIpc) is 3.04. The van der Waals surface area contributed by atoms with E-state index in [4.69, 9.17) is 14.5 Å². The van der Waals surface area contributed by atoms with Gasteiger partial charge in [0.25, 0.3) is 0 Å². The van der Waals surface area contributed by atoms with E-state index in [1.54, 1.807) is 25.6 Å². The minimum Gasteiger partial charge on any atom is -0.497 e. The fourth-order valence-electron chi connectivity index (χ4n) is 2.42. The Balaban J connectivity index is 2.03. The number of ether oxygens (including phenoxy) is 2. The molecule has 1 aromatic heterocycles. The van der Waals surface area contributed by atoms with Gasteiger partial charge in [0.1, 0.15) is 5.75 Å². The van der Waals surface area contributed by atoms with E-state index in [1.807, 2.05) is 42.5 Å². The molecule has 0 radical (unpaired) electrons. The van der Waals surface area contributed by atoms with Crippen molar-refractivity contribution in [3.63, 3.8) is 0 Å². The van der Waals surface area contributed by atoms with E-state index in [1.165, 1.54) is 5.56 Å². The number of methoxy groups -OCH3 is 2. The molecule has 4 nitrogen and oxygen atoms in total. The largest absolute Gasteiger partial charge is 0.497 e. The lowest BCUT2D eigenvalue weighted by atomic mass is 10.2. The topological polar surface area (TPSA) is 35.8 Å². The molecule has 3 aromatic rings. The molecule has 0 saturated carbocycles. The van der Waals surface area contributed by atoms with Crippen molar-refractivity contribution in [2.45, 2.75) is 6.54 Å². The predicted octanol–water partition coefficient (Wildman–Crippen LogP) is 4.10. The highest BCUT2D eigenvalue weighted by atomic mass is 32.1. The quantitative estimate of drug-likeness (QED) is 0.677. The van der Waals surface area contributed by atoms with Gasteiger partial charge in [-0.05, 0) is 29.8 Å². The Morgan fingerprint density at radius 3 is 2.42 bits per heavy atom. The van der Waals surface area contributed by atoms with Crippen LogP contribution in [0.3, 0.4) is 0 Å². The molecule has 0 aliphatic heterocycles. The minimum absolute atomic E-state index is 0.645. The minimum atomic E-state index is 0.645. The lowest BCUT2D eigenvalue weighted by molar-refractivity contribution is 0.187. The van der Waals surface area contributed by atoms with Crippen molar-refractivity contribution in [3.8, 4) is 17.0 Å². The maximum Gasteiger partial charge on any atom is 0.190 e. The molecule has 124 valence electrons. The summed E-state index contributed by atoms with van der Waals surface area (Å²) in [6, 6.07) is 18.1. The number of hydrogen-bond donors (Lipinski definition) is 0. The van der Waals surface area contributed by atoms with E-state index in [0.29, 0.717) is 6.61 Å². The smallest absolute Gasteiger partial charge is 0.190 e. The summed E-state index contributed by atoms with van der Waals surface area (Å²) in [6.07, 6.45) is 0. The first-order valence-corrected chi connectivity index (χ1v) is 8.61. The maximum absolute atomic E-state index is 5.27. The summed E-state index contributed by atoms with van der Waals surface area (Å²) in [5, 5.41) is 2.15. The molecular weight excluding hydrogens is 320 g/mol. The summed E-state index contributed by atoms with van der Waals surface area (Å²) in [4.78, 5) is 5.74. The molecule has 0 fully saturated rings. The zero-order valence-corrected chi connectivity index (χ0v) is 14.6. The molecule has 0 N–H and O–H groups in total. The Morgan fingerprint density at radius 2 is 1.75 bits per heavy atom. The van der Waals surface area contributed by atoms with Crippen LogP contribution in [0.2, 0.25) is 0 Å². The first kappa shape index (κ1) is 16.5. The van der Waals surface area contributed by atoms with Crippen LogP contribution >= 0.6 is 11.3 Å². The SMILES string of the molecule is COCCn1c(-c2ccccc2)csc1=Nc1ccc(OC)cc1. The average molecular weight is 340 g/mol. The standard InChI is InChI=1S/C19H20N2O2S/c1-22-13-12-21-18(15-6-4-3-5-7-15)14-24-19(21)20-16-8-10-17(23-2)11-9-16/h3-11,14H,12-13H2,1-2H3. The fourth-order valence-corrected chi connectivity index (χ4v) is 3.38. The molecule has 0 amide bonds. The highest BCUT2D eigenvalue weighted by molar-refractivity contribution is 7.07. The van der Waals surface area contributed by atoms with Gasteiger partial charge in [-0.25, -0.2) is 4.99 Å². The van der Waals surface area contributed by atoms with Gasteiger partial charge in [-0.3, -0.25) is 0 Å². The van der Waals surface area contributed by atoms with E-state index >= 15 is 0 Å². The summed E-state index contributed by atoms with van der Waals surface area (Å²) in [7, 11) is 3.38. The first-order valence-electron chi connectivity index (χ1n) is 7.73. The van der Waals surface area contributed by atoms with Crippen molar-refractivity contribution in [1.82, 2.24) is 4.57 Å². The monoisotopic (exact) mass is 340 g/mol. The van der Waals surface area contributed by atoms with Gasteiger partial charge in [0.05, 0.1) is 25.1 Å². The summed E-state index contributed by atoms with van der Waals surface area (Å²) in [6.45, 7) is 1.41. The first-order chi connectivity index (χ1) is 11.8. The number of hydrogen-bond acceptors (Lipinski definition) is 4. The summed E-state index contributed by atoms with van der Waals surface area (Å²) in [5.74, 6) is 0.831. The third-order valence-electron chi connectivity index (χ3n) is 3.68. The summed E-state index contributed by atoms with van der Waals surface area (Å²) < 4.78 is 12.7. The summed E-state index contributed by atoms with van der Waals surface area (Å²) in [5.41, 5.74) is 3.24. The van der Waals surface area contributed by atoms with Gasteiger partial charge < -0.3 is 14.0 Å². The van der Waals surface area contributed by atoms with Crippen molar-refractivity contribution in [2.75, 3.05) is 20.8 Å². The molecule has 1 heterocycles. The zero-order valence-electron chi connectivity index (χ0n) is 13.8. The number of rotatable bonds is 6.